The van der Waals surface area contributed by atoms with Crippen LogP contribution in [0.3, 0.4) is 0 Å². The Balaban J connectivity index is 2.23. The molecule has 2 rings (SSSR count). The minimum atomic E-state index is 0.679. The van der Waals surface area contributed by atoms with Crippen LogP contribution in [0.25, 0.3) is 0 Å². The number of nitrogen functional groups attached to an aromatic ring is 3. The Morgan fingerprint density at radius 3 is 1.75 bits per heavy atom. The van der Waals surface area contributed by atoms with Gasteiger partial charge in [0, 0.05) is 26.9 Å². The van der Waals surface area contributed by atoms with Crippen molar-refractivity contribution in [2.75, 3.05) is 17.2 Å². The van der Waals surface area contributed by atoms with Gasteiger partial charge in [0.2, 0.25) is 0 Å². The van der Waals surface area contributed by atoms with Crippen molar-refractivity contribution in [1.82, 2.24) is 0 Å². The Labute approximate surface area is 98.6 Å². The third-order valence-electron chi connectivity index (χ3n) is 2.07. The fraction of sp³-hybridized carbons (Fsp3) is 0. The molecule has 4 heteroatoms. The summed E-state index contributed by atoms with van der Waals surface area (Å²) in [6.07, 6.45) is 0. The summed E-state index contributed by atoms with van der Waals surface area (Å²) in [4.78, 5) is 2.14. The van der Waals surface area contributed by atoms with Gasteiger partial charge in [0.05, 0.1) is 0 Å². The van der Waals surface area contributed by atoms with Crippen molar-refractivity contribution in [3.8, 4) is 0 Å². The van der Waals surface area contributed by atoms with Crippen LogP contribution in [0.4, 0.5) is 17.1 Å². The van der Waals surface area contributed by atoms with Gasteiger partial charge >= 0.3 is 0 Å². The normalized spacial score (nSPS) is 10.2. The highest BCUT2D eigenvalue weighted by Gasteiger charge is 1.99. The van der Waals surface area contributed by atoms with Crippen molar-refractivity contribution in [3.63, 3.8) is 0 Å². The number of benzene rings is 2. The molecule has 0 amide bonds. The van der Waals surface area contributed by atoms with Crippen LogP contribution in [0.1, 0.15) is 0 Å². The number of anilines is 3. The van der Waals surface area contributed by atoms with Crippen LogP contribution in [-0.4, -0.2) is 0 Å². The molecule has 3 nitrogen and oxygen atoms in total. The van der Waals surface area contributed by atoms with Crippen LogP contribution in [-0.2, 0) is 0 Å². The fourth-order valence-electron chi connectivity index (χ4n) is 1.38. The van der Waals surface area contributed by atoms with Gasteiger partial charge in [0.15, 0.2) is 0 Å². The summed E-state index contributed by atoms with van der Waals surface area (Å²) < 4.78 is 0. The molecular formula is C12H13N3S. The highest BCUT2D eigenvalue weighted by atomic mass is 32.2. The second kappa shape index (κ2) is 4.37. The first-order valence-corrected chi connectivity index (χ1v) is 5.64. The number of rotatable bonds is 2. The Bertz CT molecular complexity index is 474. The molecule has 0 aromatic heterocycles. The van der Waals surface area contributed by atoms with E-state index in [1.165, 1.54) is 0 Å². The van der Waals surface area contributed by atoms with Crippen molar-refractivity contribution < 1.29 is 0 Å². The molecule has 6 N–H and O–H groups in total. The van der Waals surface area contributed by atoms with Crippen molar-refractivity contribution in [2.24, 2.45) is 0 Å². The topological polar surface area (TPSA) is 78.1 Å². The standard InChI is InChI=1S/C12H13N3S/c13-8-1-3-11(4-2-8)16-12-6-9(14)5-10(15)7-12/h1-7H,13-15H2. The molecule has 0 saturated heterocycles. The molecule has 0 fully saturated rings. The average molecular weight is 231 g/mol. The predicted molar refractivity (Wildman–Crippen MR) is 70.2 cm³/mol. The summed E-state index contributed by atoms with van der Waals surface area (Å²) in [5.74, 6) is 0. The van der Waals surface area contributed by atoms with Gasteiger partial charge in [0.1, 0.15) is 0 Å². The van der Waals surface area contributed by atoms with Crippen LogP contribution >= 0.6 is 11.8 Å². The molecule has 0 spiro atoms. The largest absolute Gasteiger partial charge is 0.399 e. The molecule has 0 aliphatic rings. The minimum Gasteiger partial charge on any atom is -0.399 e. The van der Waals surface area contributed by atoms with Gasteiger partial charge in [-0.05, 0) is 42.5 Å². The molecule has 0 radical (unpaired) electrons. The number of nitrogens with two attached hydrogens (primary N) is 3. The second-order valence-corrected chi connectivity index (χ2v) is 4.65. The lowest BCUT2D eigenvalue weighted by Gasteiger charge is -2.04. The number of hydrogen-bond acceptors (Lipinski definition) is 4. The van der Waals surface area contributed by atoms with Gasteiger partial charge in [-0.1, -0.05) is 11.8 Å². The zero-order chi connectivity index (χ0) is 11.5. The third-order valence-corrected chi connectivity index (χ3v) is 3.05. The Morgan fingerprint density at radius 2 is 1.19 bits per heavy atom. The van der Waals surface area contributed by atoms with Gasteiger partial charge in [-0.25, -0.2) is 0 Å². The van der Waals surface area contributed by atoms with Crippen molar-refractivity contribution in [2.45, 2.75) is 9.79 Å². The van der Waals surface area contributed by atoms with E-state index in [2.05, 4.69) is 0 Å². The highest BCUT2D eigenvalue weighted by molar-refractivity contribution is 7.99. The van der Waals surface area contributed by atoms with Crippen LogP contribution in [0.2, 0.25) is 0 Å². The molecule has 0 atom stereocenters. The maximum atomic E-state index is 5.72. The molecule has 0 saturated carbocycles. The Kier molecular flexibility index (Phi) is 2.92. The molecule has 82 valence electrons. The molecule has 0 bridgehead atoms. The van der Waals surface area contributed by atoms with Crippen LogP contribution < -0.4 is 17.2 Å². The summed E-state index contributed by atoms with van der Waals surface area (Å²) in [5.41, 5.74) is 19.2. The van der Waals surface area contributed by atoms with Gasteiger partial charge in [0.25, 0.3) is 0 Å². The van der Waals surface area contributed by atoms with E-state index in [9.17, 15) is 0 Å². The summed E-state index contributed by atoms with van der Waals surface area (Å²) >= 11 is 1.61. The molecule has 0 unspecified atom stereocenters. The van der Waals surface area contributed by atoms with E-state index in [1.807, 2.05) is 36.4 Å². The van der Waals surface area contributed by atoms with E-state index in [-0.39, 0.29) is 0 Å². The van der Waals surface area contributed by atoms with E-state index < -0.39 is 0 Å². The summed E-state index contributed by atoms with van der Waals surface area (Å²) in [7, 11) is 0. The van der Waals surface area contributed by atoms with E-state index in [0.717, 1.165) is 15.5 Å². The summed E-state index contributed by atoms with van der Waals surface area (Å²) in [6.45, 7) is 0. The molecule has 16 heavy (non-hydrogen) atoms. The van der Waals surface area contributed by atoms with Crippen LogP contribution in [0.5, 0.6) is 0 Å². The van der Waals surface area contributed by atoms with Crippen LogP contribution in [0, 0.1) is 0 Å². The average Bonchev–Trinajstić information content (AvgIpc) is 2.20. The maximum Gasteiger partial charge on any atom is 0.0346 e. The summed E-state index contributed by atoms with van der Waals surface area (Å²) in [6, 6.07) is 13.2. The Morgan fingerprint density at radius 1 is 0.625 bits per heavy atom. The van der Waals surface area contributed by atoms with E-state index in [0.29, 0.717) is 11.4 Å². The minimum absolute atomic E-state index is 0.679. The first-order chi connectivity index (χ1) is 7.63. The lowest BCUT2D eigenvalue weighted by Crippen LogP contribution is -1.90. The maximum absolute atomic E-state index is 5.72. The lowest BCUT2D eigenvalue weighted by molar-refractivity contribution is 1.41. The molecule has 0 aliphatic carbocycles. The van der Waals surface area contributed by atoms with Crippen LogP contribution in [0.15, 0.2) is 52.3 Å². The molecular weight excluding hydrogens is 218 g/mol. The fourth-order valence-corrected chi connectivity index (χ4v) is 2.31. The van der Waals surface area contributed by atoms with E-state index >= 15 is 0 Å². The second-order valence-electron chi connectivity index (χ2n) is 3.51. The van der Waals surface area contributed by atoms with Gasteiger partial charge in [-0.2, -0.15) is 0 Å². The zero-order valence-electron chi connectivity index (χ0n) is 8.68. The van der Waals surface area contributed by atoms with Gasteiger partial charge in [-0.3, -0.25) is 0 Å². The van der Waals surface area contributed by atoms with E-state index in [4.69, 9.17) is 17.2 Å². The molecule has 0 aliphatic heterocycles. The van der Waals surface area contributed by atoms with E-state index in [1.54, 1.807) is 17.8 Å². The first-order valence-electron chi connectivity index (χ1n) is 4.83. The lowest BCUT2D eigenvalue weighted by atomic mass is 10.3. The zero-order valence-corrected chi connectivity index (χ0v) is 9.50. The van der Waals surface area contributed by atoms with Crippen molar-refractivity contribution >= 4 is 28.8 Å². The SMILES string of the molecule is Nc1ccc(Sc2cc(N)cc(N)c2)cc1. The quantitative estimate of drug-likeness (QED) is 0.694. The summed E-state index contributed by atoms with van der Waals surface area (Å²) in [5, 5.41) is 0. The molecule has 2 aromatic rings. The van der Waals surface area contributed by atoms with Gasteiger partial charge in [-0.15, -0.1) is 0 Å². The smallest absolute Gasteiger partial charge is 0.0346 e. The number of hydrogen-bond donors (Lipinski definition) is 3. The molecule has 2 aromatic carbocycles. The van der Waals surface area contributed by atoms with Crippen molar-refractivity contribution in [3.05, 3.63) is 42.5 Å². The monoisotopic (exact) mass is 231 g/mol. The third kappa shape index (κ3) is 2.61. The Hall–Kier alpha value is -1.81. The van der Waals surface area contributed by atoms with Crippen molar-refractivity contribution in [1.29, 1.82) is 0 Å². The first kappa shape index (κ1) is 10.7. The molecule has 0 heterocycles. The van der Waals surface area contributed by atoms with Gasteiger partial charge < -0.3 is 17.2 Å². The highest BCUT2D eigenvalue weighted by Crippen LogP contribution is 2.30. The predicted octanol–water partition coefficient (Wildman–Crippen LogP) is 2.58.